The normalized spacial score (nSPS) is 14.3. The first-order chi connectivity index (χ1) is 22.2. The first-order valence-electron chi connectivity index (χ1n) is 16.4. The van der Waals surface area contributed by atoms with Gasteiger partial charge in [-0.2, -0.15) is 0 Å². The molecule has 0 atom stereocenters. The number of carbonyl (C=O) groups excluding carboxylic acids is 2. The lowest BCUT2D eigenvalue weighted by molar-refractivity contribution is 0.0522. The molecule has 2 heterocycles. The maximum absolute atomic E-state index is 14.8. The number of piperidine rings is 1. The monoisotopic (exact) mass is 622 g/mol. The number of carbonyl (C=O) groups is 2. The van der Waals surface area contributed by atoms with Crippen molar-refractivity contribution in [3.63, 3.8) is 0 Å². The van der Waals surface area contributed by atoms with Gasteiger partial charge in [-0.05, 0) is 95.8 Å². The standard InChI is InChI=1S/C38H46N4O4/c1-5-24-41(29-14-8-6-9-15-29)36(44)34-31-18-12-13-19-32(31)35(43)42(30-16-10-7-11-17-30)33(34)27-40-25-21-28(22-26-40)20-23-39-37(45)46-38(2,3)4/h6-19,28H,5,20-27H2,1-4H3,(H,39,45). The van der Waals surface area contributed by atoms with E-state index in [-0.39, 0.29) is 17.6 Å². The van der Waals surface area contributed by atoms with Crippen LogP contribution < -0.4 is 15.8 Å². The molecule has 0 spiro atoms. The van der Waals surface area contributed by atoms with Crippen molar-refractivity contribution >= 4 is 28.5 Å². The fourth-order valence-corrected chi connectivity index (χ4v) is 6.29. The molecule has 5 rings (SSSR count). The second kappa shape index (κ2) is 14.8. The van der Waals surface area contributed by atoms with Gasteiger partial charge >= 0.3 is 6.09 Å². The number of benzene rings is 3. The Morgan fingerprint density at radius 3 is 2.13 bits per heavy atom. The Kier molecular flexibility index (Phi) is 10.6. The molecule has 0 unspecified atom stereocenters. The number of hydrogen-bond donors (Lipinski definition) is 1. The smallest absolute Gasteiger partial charge is 0.407 e. The third-order valence-electron chi connectivity index (χ3n) is 8.48. The Hall–Kier alpha value is -4.43. The number of hydrogen-bond acceptors (Lipinski definition) is 5. The Morgan fingerprint density at radius 1 is 0.891 bits per heavy atom. The zero-order valence-electron chi connectivity index (χ0n) is 27.5. The van der Waals surface area contributed by atoms with Crippen molar-refractivity contribution in [2.24, 2.45) is 5.92 Å². The topological polar surface area (TPSA) is 83.9 Å². The van der Waals surface area contributed by atoms with Crippen LogP contribution in [-0.2, 0) is 11.3 Å². The summed E-state index contributed by atoms with van der Waals surface area (Å²) >= 11 is 0. The van der Waals surface area contributed by atoms with Gasteiger partial charge in [0.2, 0.25) is 0 Å². The molecule has 1 saturated heterocycles. The number of pyridine rings is 1. The van der Waals surface area contributed by atoms with Gasteiger partial charge < -0.3 is 15.0 Å². The summed E-state index contributed by atoms with van der Waals surface area (Å²) in [6.45, 7) is 10.9. The van der Waals surface area contributed by atoms with E-state index in [2.05, 4.69) is 17.1 Å². The van der Waals surface area contributed by atoms with E-state index < -0.39 is 5.60 Å². The number of amides is 2. The number of fused-ring (bicyclic) bond motifs is 1. The molecule has 3 aromatic carbocycles. The predicted octanol–water partition coefficient (Wildman–Crippen LogP) is 7.17. The predicted molar refractivity (Wildman–Crippen MR) is 185 cm³/mol. The highest BCUT2D eigenvalue weighted by Crippen LogP contribution is 2.29. The van der Waals surface area contributed by atoms with Crippen molar-refractivity contribution in [3.05, 3.63) is 107 Å². The van der Waals surface area contributed by atoms with E-state index in [0.717, 1.165) is 50.1 Å². The van der Waals surface area contributed by atoms with Crippen molar-refractivity contribution in [1.29, 1.82) is 0 Å². The molecule has 1 N–H and O–H groups in total. The van der Waals surface area contributed by atoms with Crippen LogP contribution in [0, 0.1) is 5.92 Å². The average Bonchev–Trinajstić information content (AvgIpc) is 3.04. The summed E-state index contributed by atoms with van der Waals surface area (Å²) in [4.78, 5) is 45.3. The summed E-state index contributed by atoms with van der Waals surface area (Å²) < 4.78 is 7.12. The lowest BCUT2D eigenvalue weighted by Gasteiger charge is -2.34. The number of aromatic nitrogens is 1. The quantitative estimate of drug-likeness (QED) is 0.203. The van der Waals surface area contributed by atoms with Crippen molar-refractivity contribution in [3.8, 4) is 5.69 Å². The molecule has 46 heavy (non-hydrogen) atoms. The number of alkyl carbamates (subject to hydrolysis) is 1. The van der Waals surface area contributed by atoms with Crippen LogP contribution in [0.1, 0.15) is 69.4 Å². The SMILES string of the molecule is CCCN(C(=O)c1c(CN2CCC(CCNC(=O)OC(C)(C)C)CC2)n(-c2ccccc2)c(=O)c2ccccc12)c1ccccc1. The Bertz CT molecular complexity index is 1690. The number of rotatable bonds is 10. The first-order valence-corrected chi connectivity index (χ1v) is 16.4. The van der Waals surface area contributed by atoms with Crippen LogP contribution in [0.25, 0.3) is 16.5 Å². The number of nitrogens with zero attached hydrogens (tertiary/aromatic N) is 3. The molecule has 1 aliphatic heterocycles. The summed E-state index contributed by atoms with van der Waals surface area (Å²) in [5.74, 6) is 0.366. The van der Waals surface area contributed by atoms with Gasteiger partial charge in [0.1, 0.15) is 5.60 Å². The lowest BCUT2D eigenvalue weighted by Crippen LogP contribution is -2.39. The van der Waals surface area contributed by atoms with E-state index in [1.165, 1.54) is 0 Å². The van der Waals surface area contributed by atoms with Crippen LogP contribution >= 0.6 is 0 Å². The highest BCUT2D eigenvalue weighted by Gasteiger charge is 2.29. The lowest BCUT2D eigenvalue weighted by atomic mass is 9.93. The molecule has 1 fully saturated rings. The highest BCUT2D eigenvalue weighted by molar-refractivity contribution is 6.15. The second-order valence-corrected chi connectivity index (χ2v) is 13.1. The minimum atomic E-state index is -0.520. The van der Waals surface area contributed by atoms with Gasteiger partial charge in [-0.25, -0.2) is 4.79 Å². The molecule has 1 aromatic heterocycles. The first kappa shape index (κ1) is 32.9. The molecule has 0 radical (unpaired) electrons. The molecule has 242 valence electrons. The van der Waals surface area contributed by atoms with Gasteiger partial charge in [-0.1, -0.05) is 61.5 Å². The zero-order chi connectivity index (χ0) is 32.7. The largest absolute Gasteiger partial charge is 0.444 e. The van der Waals surface area contributed by atoms with Gasteiger partial charge in [0.05, 0.1) is 11.3 Å². The van der Waals surface area contributed by atoms with Crippen LogP contribution in [-0.4, -0.2) is 53.2 Å². The molecule has 8 nitrogen and oxygen atoms in total. The number of likely N-dealkylation sites (tertiary alicyclic amines) is 1. The Morgan fingerprint density at radius 2 is 1.50 bits per heavy atom. The fourth-order valence-electron chi connectivity index (χ4n) is 6.29. The minimum Gasteiger partial charge on any atom is -0.444 e. The van der Waals surface area contributed by atoms with Gasteiger partial charge in [0.25, 0.3) is 11.5 Å². The number of ether oxygens (including phenoxy) is 1. The van der Waals surface area contributed by atoms with Crippen LogP contribution in [0.15, 0.2) is 89.7 Å². The number of para-hydroxylation sites is 2. The van der Waals surface area contributed by atoms with Crippen LogP contribution in [0.4, 0.5) is 10.5 Å². The van der Waals surface area contributed by atoms with Crippen LogP contribution in [0.5, 0.6) is 0 Å². The number of nitrogens with one attached hydrogen (secondary N) is 1. The summed E-state index contributed by atoms with van der Waals surface area (Å²) in [6.07, 6.45) is 3.22. The van der Waals surface area contributed by atoms with E-state index in [1.807, 2.05) is 111 Å². The highest BCUT2D eigenvalue weighted by atomic mass is 16.6. The minimum absolute atomic E-state index is 0.105. The molecule has 2 amide bonds. The molecule has 8 heteroatoms. The zero-order valence-corrected chi connectivity index (χ0v) is 27.5. The van der Waals surface area contributed by atoms with E-state index in [1.54, 1.807) is 4.57 Å². The van der Waals surface area contributed by atoms with E-state index in [4.69, 9.17) is 4.74 Å². The molecule has 0 bridgehead atoms. The molecular formula is C38H46N4O4. The third-order valence-corrected chi connectivity index (χ3v) is 8.48. The molecule has 4 aromatic rings. The molecule has 1 aliphatic rings. The van der Waals surface area contributed by atoms with E-state index in [0.29, 0.717) is 47.6 Å². The number of anilines is 1. The van der Waals surface area contributed by atoms with Crippen molar-refractivity contribution < 1.29 is 14.3 Å². The maximum atomic E-state index is 14.8. The summed E-state index contributed by atoms with van der Waals surface area (Å²) in [7, 11) is 0. The second-order valence-electron chi connectivity index (χ2n) is 13.1. The van der Waals surface area contributed by atoms with Gasteiger partial charge in [-0.15, -0.1) is 0 Å². The third kappa shape index (κ3) is 7.85. The van der Waals surface area contributed by atoms with Crippen molar-refractivity contribution in [2.45, 2.75) is 65.5 Å². The fraction of sp³-hybridized carbons (Fsp3) is 0.395. The summed E-state index contributed by atoms with van der Waals surface area (Å²) in [6, 6.07) is 26.9. The average molecular weight is 623 g/mol. The van der Waals surface area contributed by atoms with E-state index in [9.17, 15) is 14.4 Å². The van der Waals surface area contributed by atoms with Gasteiger partial charge in [0, 0.05) is 41.8 Å². The Balaban J connectivity index is 1.48. The van der Waals surface area contributed by atoms with E-state index >= 15 is 0 Å². The Labute approximate surface area is 272 Å². The van der Waals surface area contributed by atoms with Gasteiger partial charge in [-0.3, -0.25) is 19.1 Å². The summed E-state index contributed by atoms with van der Waals surface area (Å²) in [5, 5.41) is 4.09. The summed E-state index contributed by atoms with van der Waals surface area (Å²) in [5.41, 5.74) is 2.21. The maximum Gasteiger partial charge on any atom is 0.407 e. The molecule has 0 saturated carbocycles. The van der Waals surface area contributed by atoms with Crippen LogP contribution in [0.3, 0.4) is 0 Å². The molecular weight excluding hydrogens is 576 g/mol. The van der Waals surface area contributed by atoms with Gasteiger partial charge in [0.15, 0.2) is 0 Å². The molecule has 0 aliphatic carbocycles. The van der Waals surface area contributed by atoms with Crippen molar-refractivity contribution in [2.75, 3.05) is 31.1 Å². The van der Waals surface area contributed by atoms with Crippen molar-refractivity contribution in [1.82, 2.24) is 14.8 Å². The van der Waals surface area contributed by atoms with Crippen LogP contribution in [0.2, 0.25) is 0 Å².